The minimum atomic E-state index is -3.41. The van der Waals surface area contributed by atoms with Crippen molar-refractivity contribution in [2.24, 2.45) is 5.41 Å². The first-order valence-electron chi connectivity index (χ1n) is 6.55. The Bertz CT molecular complexity index is 636. The predicted molar refractivity (Wildman–Crippen MR) is 77.6 cm³/mol. The average molecular weight is 293 g/mol. The molecule has 4 nitrogen and oxygen atoms in total. The van der Waals surface area contributed by atoms with E-state index in [4.69, 9.17) is 5.11 Å². The number of aliphatic hydroxyl groups is 1. The summed E-state index contributed by atoms with van der Waals surface area (Å²) in [5, 5.41) is 8.63. The van der Waals surface area contributed by atoms with Gasteiger partial charge in [0.15, 0.2) is 0 Å². The molecule has 1 N–H and O–H groups in total. The number of hydrogen-bond donors (Lipinski definition) is 1. The van der Waals surface area contributed by atoms with E-state index in [-0.39, 0.29) is 12.0 Å². The zero-order chi connectivity index (χ0) is 14.8. The van der Waals surface area contributed by atoms with Gasteiger partial charge in [-0.1, -0.05) is 25.7 Å². The van der Waals surface area contributed by atoms with Crippen LogP contribution in [0.15, 0.2) is 29.2 Å². The van der Waals surface area contributed by atoms with E-state index in [2.05, 4.69) is 25.7 Å². The Morgan fingerprint density at radius 3 is 2.45 bits per heavy atom. The molecule has 0 saturated carbocycles. The topological polar surface area (TPSA) is 57.6 Å². The molecule has 0 bridgehead atoms. The molecule has 1 aliphatic rings. The Hall–Kier alpha value is -1.35. The van der Waals surface area contributed by atoms with Crippen molar-refractivity contribution in [3.8, 4) is 11.8 Å². The van der Waals surface area contributed by atoms with E-state index >= 15 is 0 Å². The maximum atomic E-state index is 12.5. The van der Waals surface area contributed by atoms with Crippen LogP contribution in [-0.2, 0) is 10.0 Å². The lowest BCUT2D eigenvalue weighted by molar-refractivity contribution is 0.350. The predicted octanol–water partition coefficient (Wildman–Crippen LogP) is 1.45. The lowest BCUT2D eigenvalue weighted by Crippen LogP contribution is -2.30. The van der Waals surface area contributed by atoms with Crippen LogP contribution in [-0.4, -0.2) is 37.5 Å². The normalized spacial score (nSPS) is 18.6. The number of nitrogens with zero attached hydrogens (tertiary/aromatic N) is 1. The fourth-order valence-corrected chi connectivity index (χ4v) is 3.90. The molecular formula is C15H19NO3S. The van der Waals surface area contributed by atoms with E-state index in [1.807, 2.05) is 0 Å². The summed E-state index contributed by atoms with van der Waals surface area (Å²) in [7, 11) is -3.41. The van der Waals surface area contributed by atoms with Crippen molar-refractivity contribution in [2.75, 3.05) is 19.7 Å². The Morgan fingerprint density at radius 2 is 1.95 bits per heavy atom. The first-order chi connectivity index (χ1) is 9.35. The number of benzene rings is 1. The molecule has 0 radical (unpaired) electrons. The van der Waals surface area contributed by atoms with Gasteiger partial charge in [0.25, 0.3) is 0 Å². The maximum absolute atomic E-state index is 12.5. The number of hydrogen-bond acceptors (Lipinski definition) is 3. The molecule has 1 heterocycles. The second-order valence-corrected chi connectivity index (χ2v) is 7.68. The van der Waals surface area contributed by atoms with Crippen molar-refractivity contribution in [1.82, 2.24) is 4.31 Å². The highest BCUT2D eigenvalue weighted by molar-refractivity contribution is 7.89. The van der Waals surface area contributed by atoms with Crippen LogP contribution in [0.2, 0.25) is 0 Å². The van der Waals surface area contributed by atoms with Crippen LogP contribution in [0.5, 0.6) is 0 Å². The fraction of sp³-hybridized carbons (Fsp3) is 0.467. The van der Waals surface area contributed by atoms with Crippen molar-refractivity contribution in [3.63, 3.8) is 0 Å². The van der Waals surface area contributed by atoms with Crippen LogP contribution < -0.4 is 0 Å². The van der Waals surface area contributed by atoms with Crippen LogP contribution in [0, 0.1) is 17.3 Å². The molecule has 1 aromatic rings. The van der Waals surface area contributed by atoms with Gasteiger partial charge in [-0.05, 0) is 36.1 Å². The Labute approximate surface area is 120 Å². The highest BCUT2D eigenvalue weighted by atomic mass is 32.2. The Morgan fingerprint density at radius 1 is 1.30 bits per heavy atom. The van der Waals surface area contributed by atoms with E-state index in [1.165, 1.54) is 0 Å². The molecule has 0 aromatic heterocycles. The third-order valence-corrected chi connectivity index (χ3v) is 5.31. The summed E-state index contributed by atoms with van der Waals surface area (Å²) in [6.45, 7) is 5.08. The minimum absolute atomic E-state index is 0.0413. The lowest BCUT2D eigenvalue weighted by Gasteiger charge is -2.19. The first-order valence-corrected chi connectivity index (χ1v) is 7.99. The fourth-order valence-electron chi connectivity index (χ4n) is 2.27. The van der Waals surface area contributed by atoms with E-state index in [0.29, 0.717) is 23.5 Å². The Balaban J connectivity index is 2.22. The number of aliphatic hydroxyl groups excluding tert-OH is 1. The zero-order valence-electron chi connectivity index (χ0n) is 11.8. The van der Waals surface area contributed by atoms with Gasteiger partial charge >= 0.3 is 0 Å². The molecule has 0 unspecified atom stereocenters. The summed E-state index contributed by atoms with van der Waals surface area (Å²) >= 11 is 0. The monoisotopic (exact) mass is 293 g/mol. The van der Waals surface area contributed by atoms with Crippen molar-refractivity contribution in [1.29, 1.82) is 0 Å². The van der Waals surface area contributed by atoms with E-state index in [0.717, 1.165) is 6.42 Å². The summed E-state index contributed by atoms with van der Waals surface area (Å²) in [6.07, 6.45) is 0.881. The average Bonchev–Trinajstić information content (AvgIpc) is 2.78. The molecule has 0 amide bonds. The molecule has 2 rings (SSSR count). The maximum Gasteiger partial charge on any atom is 0.243 e. The van der Waals surface area contributed by atoms with Gasteiger partial charge in [0.2, 0.25) is 10.0 Å². The molecule has 1 aliphatic heterocycles. The molecule has 1 fully saturated rings. The largest absolute Gasteiger partial charge is 0.384 e. The van der Waals surface area contributed by atoms with Crippen molar-refractivity contribution >= 4 is 10.0 Å². The highest BCUT2D eigenvalue weighted by Gasteiger charge is 2.36. The van der Waals surface area contributed by atoms with Crippen molar-refractivity contribution < 1.29 is 13.5 Å². The first kappa shape index (κ1) is 15.0. The van der Waals surface area contributed by atoms with Crippen molar-refractivity contribution in [2.45, 2.75) is 25.2 Å². The van der Waals surface area contributed by atoms with Crippen LogP contribution in [0.25, 0.3) is 0 Å². The van der Waals surface area contributed by atoms with Crippen molar-refractivity contribution in [3.05, 3.63) is 29.8 Å². The molecule has 1 saturated heterocycles. The smallest absolute Gasteiger partial charge is 0.243 e. The van der Waals surface area contributed by atoms with Crippen LogP contribution in [0.4, 0.5) is 0 Å². The summed E-state index contributed by atoms with van der Waals surface area (Å²) < 4.78 is 26.5. The van der Waals surface area contributed by atoms with Gasteiger partial charge in [-0.15, -0.1) is 0 Å². The zero-order valence-corrected chi connectivity index (χ0v) is 12.6. The van der Waals surface area contributed by atoms with E-state index in [1.54, 1.807) is 28.6 Å². The molecular weight excluding hydrogens is 274 g/mol. The van der Waals surface area contributed by atoms with Crippen LogP contribution in [0.3, 0.4) is 0 Å². The highest BCUT2D eigenvalue weighted by Crippen LogP contribution is 2.32. The van der Waals surface area contributed by atoms with Gasteiger partial charge in [0, 0.05) is 18.7 Å². The minimum Gasteiger partial charge on any atom is -0.384 e. The number of rotatable bonds is 2. The van der Waals surface area contributed by atoms with Gasteiger partial charge in [-0.25, -0.2) is 8.42 Å². The van der Waals surface area contributed by atoms with Gasteiger partial charge < -0.3 is 5.11 Å². The molecule has 1 aromatic carbocycles. The molecule has 0 aliphatic carbocycles. The molecule has 0 atom stereocenters. The summed E-state index contributed by atoms with van der Waals surface area (Å²) in [5.41, 5.74) is 0.735. The van der Waals surface area contributed by atoms with Gasteiger partial charge in [0.05, 0.1) is 4.90 Å². The summed E-state index contributed by atoms with van der Waals surface area (Å²) in [4.78, 5) is 0.296. The van der Waals surface area contributed by atoms with Crippen LogP contribution in [0.1, 0.15) is 25.8 Å². The summed E-state index contributed by atoms with van der Waals surface area (Å²) in [6, 6.07) is 6.47. The third kappa shape index (κ3) is 3.21. The molecule has 20 heavy (non-hydrogen) atoms. The van der Waals surface area contributed by atoms with Crippen LogP contribution >= 0.6 is 0 Å². The number of sulfonamides is 1. The Kier molecular flexibility index (Phi) is 4.19. The quantitative estimate of drug-likeness (QED) is 0.840. The molecule has 108 valence electrons. The second-order valence-electron chi connectivity index (χ2n) is 5.74. The second kappa shape index (κ2) is 5.57. The van der Waals surface area contributed by atoms with E-state index < -0.39 is 10.0 Å². The lowest BCUT2D eigenvalue weighted by atomic mass is 9.93. The van der Waals surface area contributed by atoms with Gasteiger partial charge in [0.1, 0.15) is 6.61 Å². The van der Waals surface area contributed by atoms with E-state index in [9.17, 15) is 8.42 Å². The SMILES string of the molecule is CC1(C)CCN(S(=O)(=O)c2ccc(C#CCO)cc2)C1. The van der Waals surface area contributed by atoms with Gasteiger partial charge in [-0.2, -0.15) is 4.31 Å². The molecule has 5 heteroatoms. The van der Waals surface area contributed by atoms with Gasteiger partial charge in [-0.3, -0.25) is 0 Å². The summed E-state index contributed by atoms with van der Waals surface area (Å²) in [5.74, 6) is 5.28. The standard InChI is InChI=1S/C15H19NO3S/c1-15(2)9-10-16(12-15)20(18,19)14-7-5-13(6-8-14)4-3-11-17/h5-8,17H,9-12H2,1-2H3. The molecule has 0 spiro atoms. The third-order valence-electron chi connectivity index (χ3n) is 3.45.